The highest BCUT2D eigenvalue weighted by Crippen LogP contribution is 2.20. The van der Waals surface area contributed by atoms with Crippen molar-refractivity contribution < 1.29 is 0 Å². The van der Waals surface area contributed by atoms with Gasteiger partial charge in [0.15, 0.2) is 0 Å². The van der Waals surface area contributed by atoms with E-state index < -0.39 is 0 Å². The molecule has 0 unspecified atom stereocenters. The number of anilines is 2. The van der Waals surface area contributed by atoms with Crippen molar-refractivity contribution in [2.75, 3.05) is 5.32 Å². The summed E-state index contributed by atoms with van der Waals surface area (Å²) in [5.41, 5.74) is 3.16. The second-order valence-electron chi connectivity index (χ2n) is 4.56. The molecule has 1 N–H and O–H groups in total. The maximum atomic E-state index is 4.40. The van der Waals surface area contributed by atoms with E-state index >= 15 is 0 Å². The second kappa shape index (κ2) is 6.01. The van der Waals surface area contributed by atoms with E-state index in [2.05, 4.69) is 24.2 Å². The lowest BCUT2D eigenvalue weighted by Crippen LogP contribution is -1.89. The van der Waals surface area contributed by atoms with Crippen LogP contribution in [0.1, 0.15) is 13.8 Å². The van der Waals surface area contributed by atoms with Crippen molar-refractivity contribution >= 4 is 23.3 Å². The number of para-hydroxylation sites is 1. The lowest BCUT2D eigenvalue weighted by Gasteiger charge is -2.06. The van der Waals surface area contributed by atoms with Crippen LogP contribution in [0.4, 0.5) is 17.1 Å². The van der Waals surface area contributed by atoms with Crippen LogP contribution in [0.3, 0.4) is 0 Å². The maximum absolute atomic E-state index is 4.40. The summed E-state index contributed by atoms with van der Waals surface area (Å²) in [5, 5.41) is 3.34. The molecule has 0 amide bonds. The van der Waals surface area contributed by atoms with Gasteiger partial charge < -0.3 is 5.32 Å². The number of hydrogen-bond acceptors (Lipinski definition) is 2. The minimum atomic E-state index is 0.479. The summed E-state index contributed by atoms with van der Waals surface area (Å²) in [4.78, 5) is 4.40. The zero-order valence-electron chi connectivity index (χ0n) is 10.8. The van der Waals surface area contributed by atoms with E-state index in [9.17, 15) is 0 Å². The highest BCUT2D eigenvalue weighted by molar-refractivity contribution is 5.67. The third-order valence-corrected chi connectivity index (χ3v) is 2.45. The molecule has 0 bridgehead atoms. The molecule has 0 aliphatic carbocycles. The fourth-order valence-electron chi connectivity index (χ4n) is 1.55. The van der Waals surface area contributed by atoms with Crippen molar-refractivity contribution in [2.24, 2.45) is 10.9 Å². The Balaban J connectivity index is 2.04. The molecule has 92 valence electrons. The third kappa shape index (κ3) is 3.74. The maximum Gasteiger partial charge on any atom is 0.0627 e. The summed E-state index contributed by atoms with van der Waals surface area (Å²) in [6, 6.07) is 18.3. The molecule has 0 spiro atoms. The molecule has 0 fully saturated rings. The topological polar surface area (TPSA) is 24.4 Å². The number of hydrogen-bond donors (Lipinski definition) is 1. The Morgan fingerprint density at radius 3 is 2.11 bits per heavy atom. The minimum absolute atomic E-state index is 0.479. The van der Waals surface area contributed by atoms with Gasteiger partial charge in [-0.2, -0.15) is 0 Å². The lowest BCUT2D eigenvalue weighted by atomic mass is 10.2. The van der Waals surface area contributed by atoms with Crippen LogP contribution in [-0.4, -0.2) is 6.21 Å². The molecule has 0 saturated heterocycles. The number of nitrogens with zero attached hydrogens (tertiary/aromatic N) is 1. The Hall–Kier alpha value is -2.09. The quantitative estimate of drug-likeness (QED) is 0.761. The normalized spacial score (nSPS) is 11.1. The molecular formula is C16H18N2. The van der Waals surface area contributed by atoms with E-state index in [4.69, 9.17) is 0 Å². The fraction of sp³-hybridized carbons (Fsp3) is 0.188. The molecule has 2 heteroatoms. The van der Waals surface area contributed by atoms with Gasteiger partial charge in [0, 0.05) is 17.6 Å². The average Bonchev–Trinajstić information content (AvgIpc) is 2.39. The molecule has 2 nitrogen and oxygen atoms in total. The van der Waals surface area contributed by atoms with Crippen LogP contribution in [0, 0.1) is 5.92 Å². The summed E-state index contributed by atoms with van der Waals surface area (Å²) < 4.78 is 0. The minimum Gasteiger partial charge on any atom is -0.356 e. The average molecular weight is 238 g/mol. The molecule has 0 heterocycles. The SMILES string of the molecule is CC(C)C=Nc1ccc(Nc2ccccc2)cc1. The van der Waals surface area contributed by atoms with E-state index in [0.717, 1.165) is 17.1 Å². The predicted octanol–water partition coefficient (Wildman–Crippen LogP) is 4.79. The Kier molecular flexibility index (Phi) is 4.13. The van der Waals surface area contributed by atoms with Gasteiger partial charge in [0.25, 0.3) is 0 Å². The van der Waals surface area contributed by atoms with E-state index in [0.29, 0.717) is 5.92 Å². The van der Waals surface area contributed by atoms with E-state index in [1.54, 1.807) is 0 Å². The molecule has 0 atom stereocenters. The Bertz CT molecular complexity index is 498. The predicted molar refractivity (Wildman–Crippen MR) is 79.2 cm³/mol. The van der Waals surface area contributed by atoms with Gasteiger partial charge in [-0.1, -0.05) is 32.0 Å². The Labute approximate surface area is 108 Å². The molecule has 2 aromatic rings. The summed E-state index contributed by atoms with van der Waals surface area (Å²) in [7, 11) is 0. The first-order valence-electron chi connectivity index (χ1n) is 6.20. The number of benzene rings is 2. The van der Waals surface area contributed by atoms with Crippen molar-refractivity contribution in [3.05, 3.63) is 54.6 Å². The van der Waals surface area contributed by atoms with Crippen molar-refractivity contribution in [1.29, 1.82) is 0 Å². The first-order valence-corrected chi connectivity index (χ1v) is 6.20. The van der Waals surface area contributed by atoms with Crippen LogP contribution in [-0.2, 0) is 0 Å². The molecule has 2 rings (SSSR count). The molecule has 18 heavy (non-hydrogen) atoms. The van der Waals surface area contributed by atoms with Gasteiger partial charge in [0.05, 0.1) is 5.69 Å². The summed E-state index contributed by atoms with van der Waals surface area (Å²) in [5.74, 6) is 0.479. The fourth-order valence-corrected chi connectivity index (χ4v) is 1.55. The number of rotatable bonds is 4. The summed E-state index contributed by atoms with van der Waals surface area (Å²) in [6.45, 7) is 4.24. The first kappa shape index (κ1) is 12.4. The van der Waals surface area contributed by atoms with Crippen LogP contribution in [0.2, 0.25) is 0 Å². The van der Waals surface area contributed by atoms with Gasteiger partial charge in [0.2, 0.25) is 0 Å². The van der Waals surface area contributed by atoms with Gasteiger partial charge >= 0.3 is 0 Å². The Morgan fingerprint density at radius 1 is 0.889 bits per heavy atom. The first-order chi connectivity index (χ1) is 8.74. The lowest BCUT2D eigenvalue weighted by molar-refractivity contribution is 0.907. The molecule has 2 aromatic carbocycles. The highest BCUT2D eigenvalue weighted by atomic mass is 14.9. The molecule has 0 aliphatic heterocycles. The van der Waals surface area contributed by atoms with Crippen molar-refractivity contribution in [3.8, 4) is 0 Å². The standard InChI is InChI=1S/C16H18N2/c1-13(2)12-17-14-8-10-16(11-9-14)18-15-6-4-3-5-7-15/h3-13,18H,1-2H3. The van der Waals surface area contributed by atoms with Gasteiger partial charge in [-0.3, -0.25) is 4.99 Å². The van der Waals surface area contributed by atoms with Gasteiger partial charge in [-0.05, 0) is 42.3 Å². The van der Waals surface area contributed by atoms with E-state index in [1.807, 2.05) is 60.8 Å². The molecular weight excluding hydrogens is 220 g/mol. The van der Waals surface area contributed by atoms with Crippen molar-refractivity contribution in [2.45, 2.75) is 13.8 Å². The molecule has 0 aliphatic rings. The highest BCUT2D eigenvalue weighted by Gasteiger charge is 1.94. The molecule has 0 radical (unpaired) electrons. The van der Waals surface area contributed by atoms with Gasteiger partial charge in [-0.15, -0.1) is 0 Å². The van der Waals surface area contributed by atoms with Crippen LogP contribution in [0.25, 0.3) is 0 Å². The third-order valence-electron chi connectivity index (χ3n) is 2.45. The van der Waals surface area contributed by atoms with Crippen molar-refractivity contribution in [1.82, 2.24) is 0 Å². The Morgan fingerprint density at radius 2 is 1.50 bits per heavy atom. The van der Waals surface area contributed by atoms with Crippen LogP contribution in [0.5, 0.6) is 0 Å². The van der Waals surface area contributed by atoms with Crippen LogP contribution < -0.4 is 5.32 Å². The van der Waals surface area contributed by atoms with Gasteiger partial charge in [0.1, 0.15) is 0 Å². The summed E-state index contributed by atoms with van der Waals surface area (Å²) >= 11 is 0. The number of nitrogens with one attached hydrogen (secondary N) is 1. The monoisotopic (exact) mass is 238 g/mol. The van der Waals surface area contributed by atoms with Gasteiger partial charge in [-0.25, -0.2) is 0 Å². The van der Waals surface area contributed by atoms with E-state index in [1.165, 1.54) is 0 Å². The zero-order chi connectivity index (χ0) is 12.8. The molecule has 0 aromatic heterocycles. The summed E-state index contributed by atoms with van der Waals surface area (Å²) in [6.07, 6.45) is 1.96. The van der Waals surface area contributed by atoms with Crippen LogP contribution in [0.15, 0.2) is 59.6 Å². The number of aliphatic imine (C=N–C) groups is 1. The second-order valence-corrected chi connectivity index (χ2v) is 4.56. The largest absolute Gasteiger partial charge is 0.356 e. The van der Waals surface area contributed by atoms with Crippen LogP contribution >= 0.6 is 0 Å². The smallest absolute Gasteiger partial charge is 0.0627 e. The molecule has 0 saturated carbocycles. The zero-order valence-corrected chi connectivity index (χ0v) is 10.8. The van der Waals surface area contributed by atoms with Crippen molar-refractivity contribution in [3.63, 3.8) is 0 Å². The van der Waals surface area contributed by atoms with E-state index in [-0.39, 0.29) is 0 Å².